The Morgan fingerprint density at radius 1 is 0.944 bits per heavy atom. The summed E-state index contributed by atoms with van der Waals surface area (Å²) >= 11 is 6.02. The molecule has 2 heterocycles. The maximum absolute atomic E-state index is 16.6. The Balaban J connectivity index is 0.000000730. The first-order valence-electron chi connectivity index (χ1n) is 17.4. The number of methoxy groups -OCH3 is 1. The van der Waals surface area contributed by atoms with E-state index < -0.39 is 45.6 Å². The lowest BCUT2D eigenvalue weighted by molar-refractivity contribution is -0.192. The summed E-state index contributed by atoms with van der Waals surface area (Å²) in [7, 11) is -3.19. The molecule has 0 aromatic heterocycles. The number of amides is 1. The number of likely N-dealkylation sites (tertiary alicyclic amines) is 1. The van der Waals surface area contributed by atoms with Crippen LogP contribution in [-0.4, -0.2) is 82.4 Å². The molecule has 6 rings (SSSR count). The molecule has 2 saturated heterocycles. The summed E-state index contributed by atoms with van der Waals surface area (Å²) in [5, 5.41) is 10.9. The van der Waals surface area contributed by atoms with Gasteiger partial charge in [0, 0.05) is 42.3 Å². The first-order valence-corrected chi connectivity index (χ1v) is 19.2. The number of alkyl halides is 5. The summed E-state index contributed by atoms with van der Waals surface area (Å²) in [5.74, 6) is -6.30. The maximum atomic E-state index is 16.6. The van der Waals surface area contributed by atoms with Gasteiger partial charge in [-0.05, 0) is 78.6 Å². The fourth-order valence-electron chi connectivity index (χ4n) is 6.94. The molecule has 3 atom stereocenters. The van der Waals surface area contributed by atoms with Crippen molar-refractivity contribution in [2.24, 2.45) is 17.8 Å². The van der Waals surface area contributed by atoms with Gasteiger partial charge in [-0.1, -0.05) is 55.1 Å². The fourth-order valence-corrected chi connectivity index (χ4v) is 8.25. The van der Waals surface area contributed by atoms with Gasteiger partial charge in [-0.15, -0.1) is 0 Å². The quantitative estimate of drug-likeness (QED) is 0.182. The van der Waals surface area contributed by atoms with Crippen molar-refractivity contribution in [3.63, 3.8) is 0 Å². The number of aliphatic carboxylic acids is 1. The van der Waals surface area contributed by atoms with E-state index in [0.717, 1.165) is 18.9 Å². The number of fused-ring (bicyclic) bond motifs is 1. The number of sulfonamides is 1. The van der Waals surface area contributed by atoms with Gasteiger partial charge in [0.15, 0.2) is 6.04 Å². The highest BCUT2D eigenvalue weighted by molar-refractivity contribution is 7.89. The van der Waals surface area contributed by atoms with Crippen LogP contribution in [0.2, 0.25) is 5.02 Å². The molecular formula is C37H41ClF5N3O7S. The van der Waals surface area contributed by atoms with E-state index in [2.05, 4.69) is 10.0 Å². The Morgan fingerprint density at radius 3 is 2.09 bits per heavy atom. The van der Waals surface area contributed by atoms with Crippen LogP contribution in [0.5, 0.6) is 11.5 Å². The van der Waals surface area contributed by atoms with E-state index in [1.807, 2.05) is 0 Å². The fraction of sp³-hybridized carbons (Fsp3) is 0.459. The van der Waals surface area contributed by atoms with Gasteiger partial charge < -0.3 is 24.8 Å². The third kappa shape index (κ3) is 10.00. The van der Waals surface area contributed by atoms with Crippen molar-refractivity contribution in [2.45, 2.75) is 55.1 Å². The highest BCUT2D eigenvalue weighted by Gasteiger charge is 2.52. The number of carboxylic acids is 1. The molecule has 0 spiro atoms. The first-order chi connectivity index (χ1) is 25.5. The van der Waals surface area contributed by atoms with Crippen LogP contribution in [0.4, 0.5) is 22.0 Å². The van der Waals surface area contributed by atoms with Gasteiger partial charge in [0.05, 0.1) is 18.6 Å². The van der Waals surface area contributed by atoms with E-state index in [9.17, 15) is 26.4 Å². The number of nitrogens with zero attached hydrogens (tertiary/aromatic N) is 1. The van der Waals surface area contributed by atoms with E-state index in [-0.39, 0.29) is 35.6 Å². The number of ether oxygens (including phenoxy) is 2. The monoisotopic (exact) mass is 801 g/mol. The minimum absolute atomic E-state index is 0.129. The third-order valence-corrected chi connectivity index (χ3v) is 11.6. The van der Waals surface area contributed by atoms with Crippen LogP contribution in [0.15, 0.2) is 71.6 Å². The van der Waals surface area contributed by atoms with Gasteiger partial charge in [0.25, 0.3) is 5.92 Å². The Hall–Kier alpha value is -3.99. The van der Waals surface area contributed by atoms with Crippen molar-refractivity contribution >= 4 is 33.5 Å². The second kappa shape index (κ2) is 17.2. The van der Waals surface area contributed by atoms with Crippen LogP contribution in [0.3, 0.4) is 0 Å². The van der Waals surface area contributed by atoms with Gasteiger partial charge in [-0.25, -0.2) is 13.2 Å². The number of halogens is 6. The molecule has 17 heteroatoms. The molecule has 0 bridgehead atoms. The van der Waals surface area contributed by atoms with Crippen LogP contribution in [0.25, 0.3) is 11.1 Å². The van der Waals surface area contributed by atoms with Crippen LogP contribution in [-0.2, 0) is 25.5 Å². The van der Waals surface area contributed by atoms with E-state index in [1.165, 1.54) is 67.7 Å². The van der Waals surface area contributed by atoms with Gasteiger partial charge >= 0.3 is 12.1 Å². The molecule has 3 aliphatic rings. The molecule has 1 aliphatic carbocycles. The lowest BCUT2D eigenvalue weighted by atomic mass is 9.90. The van der Waals surface area contributed by atoms with Crippen molar-refractivity contribution in [1.82, 2.24) is 14.9 Å². The van der Waals surface area contributed by atoms with Crippen molar-refractivity contribution in [2.75, 3.05) is 39.9 Å². The van der Waals surface area contributed by atoms with Gasteiger partial charge in [0.1, 0.15) is 11.5 Å². The van der Waals surface area contributed by atoms with Crippen LogP contribution < -0.4 is 19.5 Å². The number of hydrogen-bond acceptors (Lipinski definition) is 7. The zero-order chi connectivity index (χ0) is 39.3. The number of rotatable bonds is 11. The highest BCUT2D eigenvalue weighted by atomic mass is 35.5. The number of benzene rings is 3. The molecule has 294 valence electrons. The normalized spacial score (nSPS) is 19.7. The Labute approximate surface area is 315 Å². The number of nitrogens with one attached hydrogen (secondary N) is 2. The molecule has 2 aliphatic heterocycles. The standard InChI is InChI=1S/C35H40ClF2N3O5S.C2HF3O2/c1-45-32-17-27(9-16-31(32)24-7-10-28(36)11-8-24)35(37,38)33(34(42)41-20-25-18-39-19-26(25)21-41)40-47(43,44)30-14-12-29(13-15-30)46-22-23-5-3-2-4-6-23;3-2(4,5)1(6)7/h7-17,23,25-26,33,39-40H,2-6,18-22H2,1H3;(H,6,7)/t25-,26+,33?;. The predicted molar refractivity (Wildman–Crippen MR) is 190 cm³/mol. The smallest absolute Gasteiger partial charge is 0.490 e. The third-order valence-electron chi connectivity index (χ3n) is 9.91. The SMILES string of the molecule is COc1cc(C(F)(F)C(NS(=O)(=O)c2ccc(OCC3CCCCC3)cc2)C(=O)N2C[C@H]3CNC[C@H]3C2)ccc1-c1ccc(Cl)cc1.O=C(O)C(F)(F)F. The van der Waals surface area contributed by atoms with Crippen LogP contribution >= 0.6 is 11.6 Å². The number of carbonyl (C=O) groups excluding carboxylic acids is 1. The van der Waals surface area contributed by atoms with Crippen molar-refractivity contribution in [1.29, 1.82) is 0 Å². The zero-order valence-electron chi connectivity index (χ0n) is 29.3. The zero-order valence-corrected chi connectivity index (χ0v) is 30.8. The molecule has 10 nitrogen and oxygen atoms in total. The summed E-state index contributed by atoms with van der Waals surface area (Å²) in [5.41, 5.74) is 0.677. The van der Waals surface area contributed by atoms with Gasteiger partial charge in [-0.3, -0.25) is 4.79 Å². The summed E-state index contributed by atoms with van der Waals surface area (Å²) in [6.45, 7) is 2.45. The molecule has 3 N–H and O–H groups in total. The van der Waals surface area contributed by atoms with Gasteiger partial charge in [-0.2, -0.15) is 26.7 Å². The minimum atomic E-state index is -5.08. The predicted octanol–water partition coefficient (Wildman–Crippen LogP) is 6.72. The van der Waals surface area contributed by atoms with Crippen molar-refractivity contribution in [3.05, 3.63) is 77.3 Å². The summed E-state index contributed by atoms with van der Waals surface area (Å²) < 4.78 is 106. The second-order valence-corrected chi connectivity index (χ2v) is 15.8. The van der Waals surface area contributed by atoms with Crippen molar-refractivity contribution in [3.8, 4) is 22.6 Å². The molecule has 1 unspecified atom stereocenters. The molecule has 3 aromatic rings. The van der Waals surface area contributed by atoms with Crippen molar-refractivity contribution < 1.29 is 54.5 Å². The average Bonchev–Trinajstić information content (AvgIpc) is 3.77. The summed E-state index contributed by atoms with van der Waals surface area (Å²) in [4.78, 5) is 23.9. The number of hydrogen-bond donors (Lipinski definition) is 3. The first kappa shape index (κ1) is 41.2. The van der Waals surface area contributed by atoms with E-state index in [0.29, 0.717) is 47.5 Å². The number of carboxylic acid groups (broad SMARTS) is 1. The molecular weight excluding hydrogens is 761 g/mol. The highest BCUT2D eigenvalue weighted by Crippen LogP contribution is 2.40. The molecule has 3 fully saturated rings. The lowest BCUT2D eigenvalue weighted by Gasteiger charge is -2.31. The van der Waals surface area contributed by atoms with E-state index in [1.54, 1.807) is 24.3 Å². The Morgan fingerprint density at radius 2 is 1.54 bits per heavy atom. The Kier molecular flexibility index (Phi) is 13.1. The number of carbonyl (C=O) groups is 2. The summed E-state index contributed by atoms with van der Waals surface area (Å²) in [6.07, 6.45) is 0.707. The van der Waals surface area contributed by atoms with Crippen LogP contribution in [0, 0.1) is 17.8 Å². The van der Waals surface area contributed by atoms with E-state index in [4.69, 9.17) is 31.0 Å². The van der Waals surface area contributed by atoms with Crippen LogP contribution in [0.1, 0.15) is 37.7 Å². The molecule has 3 aromatic carbocycles. The minimum Gasteiger partial charge on any atom is -0.496 e. The topological polar surface area (TPSA) is 134 Å². The maximum Gasteiger partial charge on any atom is 0.490 e. The summed E-state index contributed by atoms with van der Waals surface area (Å²) in [6, 6.07) is 13.9. The molecule has 1 amide bonds. The largest absolute Gasteiger partial charge is 0.496 e. The molecule has 54 heavy (non-hydrogen) atoms. The average molecular weight is 802 g/mol. The van der Waals surface area contributed by atoms with Gasteiger partial charge in [0.2, 0.25) is 15.9 Å². The Bertz CT molecular complexity index is 1860. The van der Waals surface area contributed by atoms with E-state index >= 15 is 8.78 Å². The molecule has 0 radical (unpaired) electrons. The molecule has 1 saturated carbocycles. The lowest BCUT2D eigenvalue weighted by Crippen LogP contribution is -2.56. The second-order valence-electron chi connectivity index (χ2n) is 13.6.